The van der Waals surface area contributed by atoms with Crippen LogP contribution in [0.1, 0.15) is 0 Å². The van der Waals surface area contributed by atoms with Crippen molar-refractivity contribution in [2.75, 3.05) is 22.2 Å². The summed E-state index contributed by atoms with van der Waals surface area (Å²) in [6, 6.07) is 0. The highest BCUT2D eigenvalue weighted by molar-refractivity contribution is 9.09. The Morgan fingerprint density at radius 2 is 1.75 bits per heavy atom. The zero-order chi connectivity index (χ0) is 6.04. The summed E-state index contributed by atoms with van der Waals surface area (Å²) in [7, 11) is 0. The van der Waals surface area contributed by atoms with Gasteiger partial charge in [0.25, 0.3) is 0 Å². The zero-order valence-corrected chi connectivity index (χ0v) is 8.48. The van der Waals surface area contributed by atoms with Crippen LogP contribution >= 0.6 is 43.6 Å². The van der Waals surface area contributed by atoms with Crippen molar-refractivity contribution in [3.63, 3.8) is 0 Å². The van der Waals surface area contributed by atoms with Gasteiger partial charge < -0.3 is 0 Å². The van der Waals surface area contributed by atoms with E-state index in [0.717, 1.165) is 10.7 Å². The van der Waals surface area contributed by atoms with Gasteiger partial charge in [-0.3, -0.25) is 0 Å². The maximum atomic E-state index is 3.50. The van der Waals surface area contributed by atoms with Crippen LogP contribution in [0, 0.1) is 5.41 Å². The molecule has 1 aliphatic heterocycles. The molecule has 1 saturated heterocycles. The minimum absolute atomic E-state index is 0.602. The highest BCUT2D eigenvalue weighted by Crippen LogP contribution is 2.40. The van der Waals surface area contributed by atoms with Gasteiger partial charge in [0.2, 0.25) is 0 Å². The van der Waals surface area contributed by atoms with Crippen molar-refractivity contribution in [3.05, 3.63) is 0 Å². The third-order valence-electron chi connectivity index (χ3n) is 1.38. The average molecular weight is 260 g/mol. The van der Waals surface area contributed by atoms with Crippen LogP contribution in [-0.4, -0.2) is 22.2 Å². The fourth-order valence-corrected chi connectivity index (χ4v) is 4.54. The highest BCUT2D eigenvalue weighted by Gasteiger charge is 2.35. The smallest absolute Gasteiger partial charge is 0.0112 e. The third-order valence-corrected chi connectivity index (χ3v) is 5.40. The second kappa shape index (κ2) is 2.93. The van der Waals surface area contributed by atoms with Crippen molar-refractivity contribution in [1.82, 2.24) is 0 Å². The van der Waals surface area contributed by atoms with Crippen LogP contribution in [0.15, 0.2) is 0 Å². The van der Waals surface area contributed by atoms with E-state index in [-0.39, 0.29) is 0 Å². The number of hydrogen-bond donors (Lipinski definition) is 0. The Hall–Kier alpha value is 1.31. The fourth-order valence-electron chi connectivity index (χ4n) is 0.581. The van der Waals surface area contributed by atoms with E-state index in [1.54, 1.807) is 0 Å². The summed E-state index contributed by atoms with van der Waals surface area (Å²) < 4.78 is 0. The van der Waals surface area contributed by atoms with Gasteiger partial charge in [-0.25, -0.2) is 0 Å². The average Bonchev–Trinajstić information content (AvgIpc) is 1.67. The topological polar surface area (TPSA) is 0 Å². The molecule has 48 valence electrons. The van der Waals surface area contributed by atoms with Crippen molar-refractivity contribution in [2.24, 2.45) is 5.41 Å². The lowest BCUT2D eigenvalue weighted by Gasteiger charge is -2.37. The summed E-state index contributed by atoms with van der Waals surface area (Å²) in [5, 5.41) is 2.30. The van der Waals surface area contributed by atoms with Gasteiger partial charge in [0, 0.05) is 27.6 Å². The Kier molecular flexibility index (Phi) is 2.72. The zero-order valence-electron chi connectivity index (χ0n) is 4.49. The first-order valence-electron chi connectivity index (χ1n) is 2.53. The summed E-state index contributed by atoms with van der Waals surface area (Å²) in [4.78, 5) is 0. The standard InChI is InChI=1S/C5H8Br2S/c6-1-5(2-7)3-8-4-5/h1-4H2. The minimum Gasteiger partial charge on any atom is -0.161 e. The second-order valence-electron chi connectivity index (χ2n) is 2.26. The van der Waals surface area contributed by atoms with Gasteiger partial charge in [0.15, 0.2) is 0 Å². The molecular weight excluding hydrogens is 252 g/mol. The van der Waals surface area contributed by atoms with Crippen molar-refractivity contribution < 1.29 is 0 Å². The van der Waals surface area contributed by atoms with Crippen LogP contribution in [-0.2, 0) is 0 Å². The van der Waals surface area contributed by atoms with E-state index in [1.165, 1.54) is 11.5 Å². The SMILES string of the molecule is BrCC1(CBr)CSC1. The second-order valence-corrected chi connectivity index (χ2v) is 4.37. The highest BCUT2D eigenvalue weighted by atomic mass is 79.9. The molecule has 0 amide bonds. The van der Waals surface area contributed by atoms with E-state index in [0.29, 0.717) is 5.41 Å². The molecule has 0 bridgehead atoms. The molecule has 0 saturated carbocycles. The molecule has 0 unspecified atom stereocenters. The predicted octanol–water partition coefficient (Wildman–Crippen LogP) is 2.51. The Balaban J connectivity index is 2.33. The quantitative estimate of drug-likeness (QED) is 0.687. The van der Waals surface area contributed by atoms with Crippen LogP contribution in [0.25, 0.3) is 0 Å². The monoisotopic (exact) mass is 258 g/mol. The predicted molar refractivity (Wildman–Crippen MR) is 47.3 cm³/mol. The van der Waals surface area contributed by atoms with Gasteiger partial charge in [-0.1, -0.05) is 31.9 Å². The molecule has 0 atom stereocenters. The number of hydrogen-bond acceptors (Lipinski definition) is 1. The van der Waals surface area contributed by atoms with Crippen LogP contribution in [0.4, 0.5) is 0 Å². The van der Waals surface area contributed by atoms with Crippen molar-refractivity contribution in [2.45, 2.75) is 0 Å². The molecule has 0 N–H and O–H groups in total. The van der Waals surface area contributed by atoms with E-state index in [9.17, 15) is 0 Å². The number of rotatable bonds is 2. The third kappa shape index (κ3) is 1.24. The van der Waals surface area contributed by atoms with E-state index < -0.39 is 0 Å². The maximum absolute atomic E-state index is 3.50. The van der Waals surface area contributed by atoms with Gasteiger partial charge in [0.1, 0.15) is 0 Å². The van der Waals surface area contributed by atoms with Crippen molar-refractivity contribution in [1.29, 1.82) is 0 Å². The lowest BCUT2D eigenvalue weighted by atomic mass is 9.99. The molecule has 0 aromatic carbocycles. The first kappa shape index (κ1) is 7.42. The Morgan fingerprint density at radius 1 is 1.25 bits per heavy atom. The molecule has 0 aromatic heterocycles. The molecule has 1 aliphatic rings. The Bertz CT molecular complexity index is 67.0. The molecule has 0 aliphatic carbocycles. The lowest BCUT2D eigenvalue weighted by molar-refractivity contribution is 0.492. The first-order valence-corrected chi connectivity index (χ1v) is 5.92. The van der Waals surface area contributed by atoms with Crippen molar-refractivity contribution in [3.8, 4) is 0 Å². The molecule has 3 heteroatoms. The Morgan fingerprint density at radius 3 is 1.75 bits per heavy atom. The molecular formula is C5H8Br2S. The van der Waals surface area contributed by atoms with E-state index >= 15 is 0 Å². The lowest BCUT2D eigenvalue weighted by Crippen LogP contribution is -2.38. The van der Waals surface area contributed by atoms with Gasteiger partial charge in [-0.2, -0.15) is 11.8 Å². The fraction of sp³-hybridized carbons (Fsp3) is 1.00. The van der Waals surface area contributed by atoms with E-state index in [2.05, 4.69) is 31.9 Å². The molecule has 1 fully saturated rings. The van der Waals surface area contributed by atoms with Gasteiger partial charge >= 0.3 is 0 Å². The summed E-state index contributed by atoms with van der Waals surface area (Å²) in [6.07, 6.45) is 0. The van der Waals surface area contributed by atoms with Crippen LogP contribution < -0.4 is 0 Å². The number of halogens is 2. The Labute approximate surface area is 71.1 Å². The summed E-state index contributed by atoms with van der Waals surface area (Å²) in [6.45, 7) is 0. The summed E-state index contributed by atoms with van der Waals surface area (Å²) >= 11 is 9.03. The maximum Gasteiger partial charge on any atom is 0.0112 e. The normalized spacial score (nSPS) is 24.8. The molecule has 1 heterocycles. The summed E-state index contributed by atoms with van der Waals surface area (Å²) in [5.74, 6) is 2.65. The molecule has 0 aromatic rings. The number of thioether (sulfide) groups is 1. The summed E-state index contributed by atoms with van der Waals surface area (Å²) in [5.41, 5.74) is 0.602. The molecule has 0 nitrogen and oxygen atoms in total. The van der Waals surface area contributed by atoms with Crippen LogP contribution in [0.2, 0.25) is 0 Å². The number of alkyl halides is 2. The first-order chi connectivity index (χ1) is 3.83. The van der Waals surface area contributed by atoms with Crippen LogP contribution in [0.3, 0.4) is 0 Å². The largest absolute Gasteiger partial charge is 0.161 e. The van der Waals surface area contributed by atoms with Crippen molar-refractivity contribution >= 4 is 43.6 Å². The molecule has 1 rings (SSSR count). The molecule has 0 radical (unpaired) electrons. The van der Waals surface area contributed by atoms with E-state index in [1.807, 2.05) is 11.8 Å². The van der Waals surface area contributed by atoms with Gasteiger partial charge in [-0.15, -0.1) is 0 Å². The van der Waals surface area contributed by atoms with Gasteiger partial charge in [0.05, 0.1) is 0 Å². The minimum atomic E-state index is 0.602. The molecule has 8 heavy (non-hydrogen) atoms. The van der Waals surface area contributed by atoms with Crippen LogP contribution in [0.5, 0.6) is 0 Å². The molecule has 0 spiro atoms. The van der Waals surface area contributed by atoms with E-state index in [4.69, 9.17) is 0 Å². The van der Waals surface area contributed by atoms with Gasteiger partial charge in [-0.05, 0) is 0 Å².